The molecule has 1 aliphatic rings. The van der Waals surface area contributed by atoms with Crippen molar-refractivity contribution >= 4 is 38.6 Å². The first-order valence-corrected chi connectivity index (χ1v) is 10.3. The molecule has 1 aromatic carbocycles. The van der Waals surface area contributed by atoms with Gasteiger partial charge in [-0.1, -0.05) is 6.07 Å². The number of carbonyl (C=O) groups excluding carboxylic acids is 1. The third-order valence-electron chi connectivity index (χ3n) is 4.27. The van der Waals surface area contributed by atoms with Crippen LogP contribution in [0.4, 0.5) is 11.4 Å². The van der Waals surface area contributed by atoms with E-state index in [0.29, 0.717) is 18.7 Å². The van der Waals surface area contributed by atoms with E-state index in [9.17, 15) is 23.3 Å². The highest BCUT2D eigenvalue weighted by atomic mass is 32.2. The lowest BCUT2D eigenvalue weighted by Crippen LogP contribution is -2.29. The molecule has 1 aliphatic heterocycles. The molecule has 1 saturated heterocycles. The van der Waals surface area contributed by atoms with Crippen LogP contribution in [0.1, 0.15) is 28.1 Å². The number of nitro benzene ring substituents is 1. The second kappa shape index (κ2) is 7.14. The lowest BCUT2D eigenvalue weighted by Gasteiger charge is -2.16. The Balaban J connectivity index is 1.90. The standard InChI is InChI=1S/C16H17N3O5S2/c1-11-12(5-4-6-13(11)19(21)22)17-16(20)15-14(7-10-25-15)26(23,24)18-8-2-3-9-18/h4-7,10H,2-3,8-9H2,1H3,(H,17,20). The lowest BCUT2D eigenvalue weighted by molar-refractivity contribution is -0.385. The molecule has 2 aromatic rings. The monoisotopic (exact) mass is 395 g/mol. The number of benzene rings is 1. The zero-order valence-corrected chi connectivity index (χ0v) is 15.6. The van der Waals surface area contributed by atoms with Crippen LogP contribution in [0.25, 0.3) is 0 Å². The Bertz CT molecular complexity index is 962. The van der Waals surface area contributed by atoms with Gasteiger partial charge in [0.15, 0.2) is 0 Å². The number of nitrogens with zero attached hydrogens (tertiary/aromatic N) is 2. The Morgan fingerprint density at radius 2 is 1.96 bits per heavy atom. The number of carbonyl (C=O) groups is 1. The smallest absolute Gasteiger partial charge is 0.274 e. The van der Waals surface area contributed by atoms with Gasteiger partial charge in [-0.2, -0.15) is 4.31 Å². The molecule has 138 valence electrons. The zero-order chi connectivity index (χ0) is 18.9. The number of amides is 1. The summed E-state index contributed by atoms with van der Waals surface area (Å²) in [5.74, 6) is -0.596. The van der Waals surface area contributed by atoms with Crippen LogP contribution in [0.15, 0.2) is 34.5 Å². The number of nitro groups is 1. The molecule has 0 bridgehead atoms. The van der Waals surface area contributed by atoms with Crippen LogP contribution in [0.5, 0.6) is 0 Å². The van der Waals surface area contributed by atoms with Gasteiger partial charge in [-0.3, -0.25) is 14.9 Å². The largest absolute Gasteiger partial charge is 0.321 e. The summed E-state index contributed by atoms with van der Waals surface area (Å²) in [4.78, 5) is 23.2. The van der Waals surface area contributed by atoms with Crippen molar-refractivity contribution in [3.8, 4) is 0 Å². The molecule has 1 N–H and O–H groups in total. The maximum atomic E-state index is 12.7. The maximum absolute atomic E-state index is 12.7. The van der Waals surface area contributed by atoms with E-state index in [0.717, 1.165) is 24.2 Å². The van der Waals surface area contributed by atoms with E-state index in [2.05, 4.69) is 5.32 Å². The molecule has 2 heterocycles. The highest BCUT2D eigenvalue weighted by molar-refractivity contribution is 7.89. The molecule has 1 amide bonds. The van der Waals surface area contributed by atoms with Gasteiger partial charge in [0.25, 0.3) is 11.6 Å². The Morgan fingerprint density at radius 1 is 1.27 bits per heavy atom. The first-order chi connectivity index (χ1) is 12.3. The van der Waals surface area contributed by atoms with Gasteiger partial charge >= 0.3 is 0 Å². The van der Waals surface area contributed by atoms with Crippen LogP contribution >= 0.6 is 11.3 Å². The summed E-state index contributed by atoms with van der Waals surface area (Å²) in [5.41, 5.74) is 0.479. The third kappa shape index (κ3) is 3.35. The van der Waals surface area contributed by atoms with Gasteiger partial charge in [0.1, 0.15) is 9.77 Å². The SMILES string of the molecule is Cc1c(NC(=O)c2sccc2S(=O)(=O)N2CCCC2)cccc1[N+](=O)[O-]. The number of nitrogens with one attached hydrogen (secondary N) is 1. The van der Waals surface area contributed by atoms with Crippen LogP contribution in [0.3, 0.4) is 0 Å². The fourth-order valence-corrected chi connectivity index (χ4v) is 5.68. The lowest BCUT2D eigenvalue weighted by atomic mass is 10.1. The van der Waals surface area contributed by atoms with Crippen molar-refractivity contribution < 1.29 is 18.1 Å². The van der Waals surface area contributed by atoms with Crippen molar-refractivity contribution in [1.82, 2.24) is 4.31 Å². The summed E-state index contributed by atoms with van der Waals surface area (Å²) in [6.07, 6.45) is 1.61. The van der Waals surface area contributed by atoms with Crippen LogP contribution < -0.4 is 5.32 Å². The van der Waals surface area contributed by atoms with Gasteiger partial charge in [-0.15, -0.1) is 11.3 Å². The van der Waals surface area contributed by atoms with Crippen LogP contribution in [-0.4, -0.2) is 36.6 Å². The van der Waals surface area contributed by atoms with Gasteiger partial charge < -0.3 is 5.32 Å². The van der Waals surface area contributed by atoms with E-state index in [1.165, 1.54) is 29.4 Å². The van der Waals surface area contributed by atoms with Crippen molar-refractivity contribution in [2.75, 3.05) is 18.4 Å². The second-order valence-electron chi connectivity index (χ2n) is 5.89. The highest BCUT2D eigenvalue weighted by Crippen LogP contribution is 2.30. The average Bonchev–Trinajstić information content (AvgIpc) is 3.28. The minimum atomic E-state index is -3.72. The molecule has 1 aromatic heterocycles. The minimum absolute atomic E-state index is 0.0232. The van der Waals surface area contributed by atoms with Crippen LogP contribution in [0, 0.1) is 17.0 Å². The van der Waals surface area contributed by atoms with Gasteiger partial charge in [0.2, 0.25) is 10.0 Å². The molecule has 0 spiro atoms. The Kier molecular flexibility index (Phi) is 5.08. The summed E-state index contributed by atoms with van der Waals surface area (Å²) < 4.78 is 26.9. The molecule has 0 radical (unpaired) electrons. The van der Waals surface area contributed by atoms with Crippen molar-refractivity contribution in [3.63, 3.8) is 0 Å². The molecule has 26 heavy (non-hydrogen) atoms. The molecule has 8 nitrogen and oxygen atoms in total. The average molecular weight is 395 g/mol. The van der Waals surface area contributed by atoms with Crippen LogP contribution in [0.2, 0.25) is 0 Å². The third-order valence-corrected chi connectivity index (χ3v) is 7.25. The molecule has 0 atom stereocenters. The zero-order valence-electron chi connectivity index (χ0n) is 14.0. The molecule has 1 fully saturated rings. The predicted octanol–water partition coefficient (Wildman–Crippen LogP) is 3.00. The number of thiophene rings is 1. The van der Waals surface area contributed by atoms with E-state index in [1.54, 1.807) is 11.4 Å². The molecule has 3 rings (SSSR count). The van der Waals surface area contributed by atoms with Gasteiger partial charge in [0, 0.05) is 19.2 Å². The van der Waals surface area contributed by atoms with E-state index >= 15 is 0 Å². The van der Waals surface area contributed by atoms with E-state index in [4.69, 9.17) is 0 Å². The molecule has 0 unspecified atom stereocenters. The van der Waals surface area contributed by atoms with Crippen molar-refractivity contribution in [2.24, 2.45) is 0 Å². The van der Waals surface area contributed by atoms with Gasteiger partial charge in [0.05, 0.1) is 16.2 Å². The summed E-state index contributed by atoms with van der Waals surface area (Å²) in [6, 6.07) is 5.78. The van der Waals surface area contributed by atoms with Crippen molar-refractivity contribution in [1.29, 1.82) is 0 Å². The molecule has 10 heteroatoms. The van der Waals surface area contributed by atoms with Crippen molar-refractivity contribution in [2.45, 2.75) is 24.7 Å². The fourth-order valence-electron chi connectivity index (χ4n) is 2.87. The Labute approximate surface area is 154 Å². The first-order valence-electron chi connectivity index (χ1n) is 7.95. The minimum Gasteiger partial charge on any atom is -0.321 e. The number of hydrogen-bond donors (Lipinski definition) is 1. The van der Waals surface area contributed by atoms with E-state index in [1.807, 2.05) is 0 Å². The number of anilines is 1. The van der Waals surface area contributed by atoms with Gasteiger partial charge in [-0.05, 0) is 37.3 Å². The predicted molar refractivity (Wildman–Crippen MR) is 98.1 cm³/mol. The Morgan fingerprint density at radius 3 is 2.62 bits per heavy atom. The normalized spacial score (nSPS) is 15.1. The molecule has 0 aliphatic carbocycles. The maximum Gasteiger partial charge on any atom is 0.274 e. The van der Waals surface area contributed by atoms with E-state index < -0.39 is 20.9 Å². The van der Waals surface area contributed by atoms with Gasteiger partial charge in [-0.25, -0.2) is 8.42 Å². The van der Waals surface area contributed by atoms with Crippen molar-refractivity contribution in [3.05, 3.63) is 50.2 Å². The Hall–Kier alpha value is -2.30. The summed E-state index contributed by atoms with van der Waals surface area (Å²) in [5, 5.41) is 15.2. The number of hydrogen-bond acceptors (Lipinski definition) is 6. The first kappa shape index (κ1) is 18.5. The molecular weight excluding hydrogens is 378 g/mol. The van der Waals surface area contributed by atoms with E-state index in [-0.39, 0.29) is 21.1 Å². The summed E-state index contributed by atoms with van der Waals surface area (Å²) in [6.45, 7) is 2.43. The number of rotatable bonds is 5. The fraction of sp³-hybridized carbons (Fsp3) is 0.312. The number of sulfonamides is 1. The summed E-state index contributed by atoms with van der Waals surface area (Å²) in [7, 11) is -3.72. The summed E-state index contributed by atoms with van der Waals surface area (Å²) >= 11 is 1.03. The topological polar surface area (TPSA) is 110 Å². The van der Waals surface area contributed by atoms with Crippen LogP contribution in [-0.2, 0) is 10.0 Å². The molecule has 0 saturated carbocycles. The molecular formula is C16H17N3O5S2. The highest BCUT2D eigenvalue weighted by Gasteiger charge is 2.32. The second-order valence-corrected chi connectivity index (χ2v) is 8.71. The quantitative estimate of drug-likeness (QED) is 0.618.